The maximum atomic E-state index is 3.02. The van der Waals surface area contributed by atoms with E-state index < -0.39 is 0 Å². The topological polar surface area (TPSA) is 0 Å². The van der Waals surface area contributed by atoms with Crippen LogP contribution in [-0.4, -0.2) is 0 Å². The van der Waals surface area contributed by atoms with Crippen molar-refractivity contribution in [2.24, 2.45) is 5.92 Å². The summed E-state index contributed by atoms with van der Waals surface area (Å²) in [6.07, 6.45) is 6.18. The van der Waals surface area contributed by atoms with Crippen LogP contribution < -0.4 is 0 Å². The third-order valence-corrected chi connectivity index (χ3v) is 1.93. The molecule has 13 heavy (non-hydrogen) atoms. The van der Waals surface area contributed by atoms with E-state index in [2.05, 4.69) is 44.2 Å². The zero-order valence-electron chi connectivity index (χ0n) is 8.67. The molecule has 0 unspecified atom stereocenters. The molecule has 0 spiro atoms. The van der Waals surface area contributed by atoms with Gasteiger partial charge in [0.2, 0.25) is 0 Å². The highest BCUT2D eigenvalue weighted by molar-refractivity contribution is 5.47. The van der Waals surface area contributed by atoms with Crippen molar-refractivity contribution in [1.82, 2.24) is 0 Å². The minimum atomic E-state index is 0.735. The van der Waals surface area contributed by atoms with Crippen molar-refractivity contribution in [3.8, 4) is 0 Å². The lowest BCUT2D eigenvalue weighted by Gasteiger charge is -2.04. The number of benzene rings is 1. The van der Waals surface area contributed by atoms with Crippen molar-refractivity contribution < 1.29 is 0 Å². The van der Waals surface area contributed by atoms with E-state index in [1.807, 2.05) is 13.0 Å². The first-order chi connectivity index (χ1) is 6.22. The van der Waals surface area contributed by atoms with Gasteiger partial charge >= 0.3 is 0 Å². The largest absolute Gasteiger partial charge is 0.0625 e. The lowest BCUT2D eigenvalue weighted by Crippen LogP contribution is -1.93. The van der Waals surface area contributed by atoms with Crippen LogP contribution in [0.3, 0.4) is 0 Å². The van der Waals surface area contributed by atoms with Gasteiger partial charge in [-0.05, 0) is 36.5 Å². The molecular formula is C13H17. The zero-order chi connectivity index (χ0) is 9.68. The minimum absolute atomic E-state index is 0.735. The second-order valence-corrected chi connectivity index (χ2v) is 3.77. The molecule has 0 heterocycles. The highest BCUT2D eigenvalue weighted by Gasteiger charge is 1.96. The van der Waals surface area contributed by atoms with Gasteiger partial charge in [-0.25, -0.2) is 0 Å². The fourth-order valence-corrected chi connectivity index (χ4v) is 1.39. The molecule has 0 aromatic heterocycles. The highest BCUT2D eigenvalue weighted by atomic mass is 14.0. The fraction of sp³-hybridized carbons (Fsp3) is 0.385. The summed E-state index contributed by atoms with van der Waals surface area (Å²) in [6, 6.07) is 8.69. The van der Waals surface area contributed by atoms with Gasteiger partial charge in [0.1, 0.15) is 0 Å². The summed E-state index contributed by atoms with van der Waals surface area (Å²) < 4.78 is 0. The lowest BCUT2D eigenvalue weighted by molar-refractivity contribution is 0.647. The first kappa shape index (κ1) is 10.0. The fourth-order valence-electron chi connectivity index (χ4n) is 1.39. The number of allylic oxidation sites excluding steroid dienone is 1. The normalized spacial score (nSPS) is 11.4. The van der Waals surface area contributed by atoms with E-state index in [1.54, 1.807) is 0 Å². The molecule has 0 aliphatic heterocycles. The minimum Gasteiger partial charge on any atom is -0.0625 e. The summed E-state index contributed by atoms with van der Waals surface area (Å²) in [6.45, 7) is 6.41. The van der Waals surface area contributed by atoms with Crippen LogP contribution in [0, 0.1) is 12.0 Å². The molecule has 0 fully saturated rings. The molecule has 69 valence electrons. The smallest absolute Gasteiger partial charge is 0.0254 e. The van der Waals surface area contributed by atoms with E-state index in [-0.39, 0.29) is 0 Å². The average molecular weight is 173 g/mol. The summed E-state index contributed by atoms with van der Waals surface area (Å²) in [5.74, 6) is 0.735. The molecule has 0 atom stereocenters. The van der Waals surface area contributed by atoms with Crippen LogP contribution in [0.2, 0.25) is 0 Å². The van der Waals surface area contributed by atoms with Gasteiger partial charge in [-0.3, -0.25) is 0 Å². The first-order valence-corrected chi connectivity index (χ1v) is 4.82. The Balaban J connectivity index is 2.69. The van der Waals surface area contributed by atoms with Crippen molar-refractivity contribution in [2.75, 3.05) is 0 Å². The maximum Gasteiger partial charge on any atom is -0.0254 e. The molecule has 0 amide bonds. The standard InChI is InChI=1S/C13H17/c1-4-5-12-6-8-13(9-7-12)10-11(2)3/h5-9,11H,10H2,1-3H3. The summed E-state index contributed by atoms with van der Waals surface area (Å²) in [7, 11) is 0. The Morgan fingerprint density at radius 3 is 2.31 bits per heavy atom. The van der Waals surface area contributed by atoms with E-state index in [0.29, 0.717) is 0 Å². The van der Waals surface area contributed by atoms with Crippen molar-refractivity contribution in [1.29, 1.82) is 0 Å². The third kappa shape index (κ3) is 3.45. The van der Waals surface area contributed by atoms with Crippen molar-refractivity contribution in [3.63, 3.8) is 0 Å². The Morgan fingerprint density at radius 1 is 1.23 bits per heavy atom. The van der Waals surface area contributed by atoms with Gasteiger partial charge in [0.25, 0.3) is 0 Å². The van der Waals surface area contributed by atoms with Crippen LogP contribution in [0.5, 0.6) is 0 Å². The Labute approximate surface area is 81.3 Å². The summed E-state index contributed by atoms with van der Waals surface area (Å²) in [5, 5.41) is 0. The van der Waals surface area contributed by atoms with Gasteiger partial charge < -0.3 is 0 Å². The number of hydrogen-bond donors (Lipinski definition) is 0. The third-order valence-electron chi connectivity index (χ3n) is 1.93. The monoisotopic (exact) mass is 173 g/mol. The molecule has 0 nitrogen and oxygen atoms in total. The summed E-state index contributed by atoms with van der Waals surface area (Å²) in [4.78, 5) is 0. The van der Waals surface area contributed by atoms with Gasteiger partial charge in [0.15, 0.2) is 0 Å². The van der Waals surface area contributed by atoms with Gasteiger partial charge in [-0.1, -0.05) is 44.2 Å². The molecule has 0 aliphatic rings. The maximum absolute atomic E-state index is 3.02. The number of rotatable bonds is 3. The Morgan fingerprint density at radius 2 is 1.85 bits per heavy atom. The van der Waals surface area contributed by atoms with Crippen LogP contribution in [0.4, 0.5) is 0 Å². The van der Waals surface area contributed by atoms with E-state index in [1.165, 1.54) is 17.5 Å². The van der Waals surface area contributed by atoms with Crippen molar-refractivity contribution in [2.45, 2.75) is 27.2 Å². The Bertz CT molecular complexity index is 265. The molecule has 0 aliphatic carbocycles. The molecule has 1 rings (SSSR count). The van der Waals surface area contributed by atoms with E-state index in [9.17, 15) is 0 Å². The van der Waals surface area contributed by atoms with Crippen LogP contribution in [-0.2, 0) is 6.42 Å². The second kappa shape index (κ2) is 4.86. The van der Waals surface area contributed by atoms with Crippen molar-refractivity contribution >= 4 is 6.08 Å². The molecule has 0 N–H and O–H groups in total. The molecule has 1 aromatic carbocycles. The van der Waals surface area contributed by atoms with Gasteiger partial charge in [0, 0.05) is 0 Å². The molecule has 1 aromatic rings. The molecule has 0 saturated heterocycles. The zero-order valence-corrected chi connectivity index (χ0v) is 8.67. The summed E-state index contributed by atoms with van der Waals surface area (Å²) >= 11 is 0. The van der Waals surface area contributed by atoms with Crippen molar-refractivity contribution in [3.05, 3.63) is 41.5 Å². The molecule has 1 radical (unpaired) electrons. The first-order valence-electron chi connectivity index (χ1n) is 4.82. The number of hydrogen-bond acceptors (Lipinski definition) is 0. The van der Waals surface area contributed by atoms with E-state index in [0.717, 1.165) is 5.92 Å². The SMILES string of the molecule is C/[C]=C/c1ccc(CC(C)C)cc1. The average Bonchev–Trinajstić information content (AvgIpc) is 2.08. The Kier molecular flexibility index (Phi) is 3.75. The van der Waals surface area contributed by atoms with Crippen LogP contribution in [0.15, 0.2) is 24.3 Å². The van der Waals surface area contributed by atoms with Gasteiger partial charge in [0.05, 0.1) is 0 Å². The second-order valence-electron chi connectivity index (χ2n) is 3.77. The van der Waals surface area contributed by atoms with Gasteiger partial charge in [-0.2, -0.15) is 0 Å². The molecule has 0 heteroatoms. The highest BCUT2D eigenvalue weighted by Crippen LogP contribution is 2.10. The lowest BCUT2D eigenvalue weighted by atomic mass is 10.0. The molecule has 0 bridgehead atoms. The predicted molar refractivity (Wildman–Crippen MR) is 58.4 cm³/mol. The predicted octanol–water partition coefficient (Wildman–Crippen LogP) is 3.72. The van der Waals surface area contributed by atoms with E-state index >= 15 is 0 Å². The van der Waals surface area contributed by atoms with E-state index in [4.69, 9.17) is 0 Å². The molecular weight excluding hydrogens is 156 g/mol. The van der Waals surface area contributed by atoms with Crippen LogP contribution in [0.1, 0.15) is 31.9 Å². The van der Waals surface area contributed by atoms with Crippen LogP contribution >= 0.6 is 0 Å². The quantitative estimate of drug-likeness (QED) is 0.653. The summed E-state index contributed by atoms with van der Waals surface area (Å²) in [5.41, 5.74) is 2.65. The Hall–Kier alpha value is -1.04. The van der Waals surface area contributed by atoms with Gasteiger partial charge in [-0.15, -0.1) is 0 Å². The molecule has 0 saturated carbocycles. The van der Waals surface area contributed by atoms with Crippen LogP contribution in [0.25, 0.3) is 6.08 Å².